The third kappa shape index (κ3) is 2.79. The molecule has 2 nitrogen and oxygen atoms in total. The van der Waals surface area contributed by atoms with Gasteiger partial charge in [0.1, 0.15) is 17.3 Å². The Hall–Kier alpha value is -1.19. The fourth-order valence-corrected chi connectivity index (χ4v) is 5.29. The van der Waals surface area contributed by atoms with Crippen LogP contribution >= 0.6 is 0 Å². The third-order valence-corrected chi connectivity index (χ3v) is 6.31. The van der Waals surface area contributed by atoms with Crippen molar-refractivity contribution in [3.8, 4) is 5.75 Å². The first-order valence-electron chi connectivity index (χ1n) is 7.21. The molecule has 2 aromatic carbocycles. The van der Waals surface area contributed by atoms with Gasteiger partial charge in [-0.05, 0) is 37.5 Å². The summed E-state index contributed by atoms with van der Waals surface area (Å²) in [5.74, 6) is 3.62. The highest BCUT2D eigenvalue weighted by Crippen LogP contribution is 2.34. The minimum atomic E-state index is 0.301. The fourth-order valence-electron chi connectivity index (χ4n) is 2.80. The Morgan fingerprint density at radius 2 is 1.70 bits per heavy atom. The lowest BCUT2D eigenvalue weighted by Crippen LogP contribution is -2.18. The largest absolute Gasteiger partial charge is 0.467 e. The van der Waals surface area contributed by atoms with E-state index in [0.717, 1.165) is 5.75 Å². The number of hydrogen-bond acceptors (Lipinski definition) is 2. The van der Waals surface area contributed by atoms with Crippen LogP contribution in [0.2, 0.25) is 0 Å². The maximum atomic E-state index is 5.69. The zero-order valence-corrected chi connectivity index (χ0v) is 12.7. The van der Waals surface area contributed by atoms with Crippen LogP contribution in [0.4, 0.5) is 0 Å². The van der Waals surface area contributed by atoms with Crippen molar-refractivity contribution in [2.75, 3.05) is 25.4 Å². The van der Waals surface area contributed by atoms with Gasteiger partial charge in [0, 0.05) is 28.8 Å². The molecule has 3 heteroatoms. The first kappa shape index (κ1) is 13.8. The van der Waals surface area contributed by atoms with E-state index in [1.54, 1.807) is 7.11 Å². The summed E-state index contributed by atoms with van der Waals surface area (Å²) in [6.45, 7) is 0.301. The summed E-state index contributed by atoms with van der Waals surface area (Å²) in [6, 6.07) is 13.0. The summed E-state index contributed by atoms with van der Waals surface area (Å²) in [5.41, 5.74) is 0. The second-order valence-electron chi connectivity index (χ2n) is 5.12. The molecule has 0 bridgehead atoms. The second-order valence-corrected chi connectivity index (χ2v) is 7.36. The summed E-state index contributed by atoms with van der Waals surface area (Å²) >= 11 is 0. The smallest absolute Gasteiger partial charge is 0.188 e. The molecule has 1 heterocycles. The average molecular weight is 289 g/mol. The topological polar surface area (TPSA) is 18.5 Å². The van der Waals surface area contributed by atoms with Crippen LogP contribution in [0.3, 0.4) is 0 Å². The van der Waals surface area contributed by atoms with Gasteiger partial charge < -0.3 is 9.47 Å². The van der Waals surface area contributed by atoms with Crippen molar-refractivity contribution >= 4 is 21.7 Å². The first-order valence-corrected chi connectivity index (χ1v) is 8.77. The minimum Gasteiger partial charge on any atom is -0.467 e. The van der Waals surface area contributed by atoms with Gasteiger partial charge in [0.2, 0.25) is 0 Å². The Kier molecular flexibility index (Phi) is 4.48. The molecule has 1 fully saturated rings. The minimum absolute atomic E-state index is 0.301. The molecule has 0 spiro atoms. The van der Waals surface area contributed by atoms with Gasteiger partial charge in [-0.2, -0.15) is 0 Å². The van der Waals surface area contributed by atoms with Crippen LogP contribution in [-0.2, 0) is 15.6 Å². The molecule has 0 aromatic heterocycles. The molecule has 0 atom stereocenters. The van der Waals surface area contributed by atoms with Crippen LogP contribution < -0.4 is 4.74 Å². The molecule has 1 aliphatic heterocycles. The van der Waals surface area contributed by atoms with Gasteiger partial charge >= 0.3 is 0 Å². The van der Waals surface area contributed by atoms with Crippen LogP contribution in [0.1, 0.15) is 19.3 Å². The van der Waals surface area contributed by atoms with Crippen LogP contribution in [0.25, 0.3) is 10.8 Å². The van der Waals surface area contributed by atoms with Crippen molar-refractivity contribution in [3.63, 3.8) is 0 Å². The average Bonchev–Trinajstić information content (AvgIpc) is 2.53. The van der Waals surface area contributed by atoms with E-state index in [4.69, 9.17) is 9.47 Å². The normalized spacial score (nSPS) is 16.4. The van der Waals surface area contributed by atoms with Crippen molar-refractivity contribution in [2.45, 2.75) is 24.2 Å². The van der Waals surface area contributed by atoms with Gasteiger partial charge in [0.05, 0.1) is 0 Å². The molecule has 0 saturated carbocycles. The maximum absolute atomic E-state index is 5.69. The second kappa shape index (κ2) is 6.51. The van der Waals surface area contributed by atoms with Crippen molar-refractivity contribution in [1.82, 2.24) is 0 Å². The Morgan fingerprint density at radius 1 is 0.950 bits per heavy atom. The molecule has 1 saturated heterocycles. The molecule has 106 valence electrons. The predicted molar refractivity (Wildman–Crippen MR) is 85.7 cm³/mol. The van der Waals surface area contributed by atoms with Crippen LogP contribution in [-0.4, -0.2) is 25.4 Å². The fraction of sp³-hybridized carbons (Fsp3) is 0.412. The summed E-state index contributed by atoms with van der Waals surface area (Å²) in [4.78, 5) is 1.52. The summed E-state index contributed by atoms with van der Waals surface area (Å²) in [6.07, 6.45) is 4.15. The van der Waals surface area contributed by atoms with Crippen LogP contribution in [0, 0.1) is 0 Å². The van der Waals surface area contributed by atoms with Crippen molar-refractivity contribution in [3.05, 3.63) is 36.4 Å². The van der Waals surface area contributed by atoms with E-state index in [1.165, 1.54) is 46.4 Å². The quantitative estimate of drug-likeness (QED) is 0.626. The summed E-state index contributed by atoms with van der Waals surface area (Å²) in [7, 11) is 2.07. The Labute approximate surface area is 123 Å². The Morgan fingerprint density at radius 3 is 2.45 bits per heavy atom. The van der Waals surface area contributed by atoms with Crippen molar-refractivity contribution < 1.29 is 9.47 Å². The monoisotopic (exact) mass is 289 g/mol. The SMILES string of the molecule is COCOc1ccc([S+]2CCCCC2)c2ccccc12. The molecule has 20 heavy (non-hydrogen) atoms. The number of benzene rings is 2. The highest BCUT2D eigenvalue weighted by Gasteiger charge is 2.27. The highest BCUT2D eigenvalue weighted by molar-refractivity contribution is 7.97. The molecular weight excluding hydrogens is 268 g/mol. The van der Waals surface area contributed by atoms with Gasteiger partial charge in [-0.3, -0.25) is 0 Å². The van der Waals surface area contributed by atoms with E-state index in [-0.39, 0.29) is 0 Å². The highest BCUT2D eigenvalue weighted by atomic mass is 32.2. The molecule has 1 aliphatic rings. The molecule has 0 amide bonds. The lowest BCUT2D eigenvalue weighted by atomic mass is 10.1. The predicted octanol–water partition coefficient (Wildman–Crippen LogP) is 3.98. The van der Waals surface area contributed by atoms with Crippen LogP contribution in [0.5, 0.6) is 5.75 Å². The van der Waals surface area contributed by atoms with Gasteiger partial charge in [0.15, 0.2) is 11.7 Å². The van der Waals surface area contributed by atoms with Gasteiger partial charge in [-0.15, -0.1) is 0 Å². The molecule has 2 aromatic rings. The van der Waals surface area contributed by atoms with E-state index >= 15 is 0 Å². The van der Waals surface area contributed by atoms with Gasteiger partial charge in [0.25, 0.3) is 0 Å². The van der Waals surface area contributed by atoms with E-state index in [2.05, 4.69) is 36.4 Å². The molecular formula is C17H21O2S+. The number of fused-ring (bicyclic) bond motifs is 1. The first-order chi connectivity index (χ1) is 9.90. The van der Waals surface area contributed by atoms with E-state index < -0.39 is 0 Å². The lowest BCUT2D eigenvalue weighted by molar-refractivity contribution is 0.0522. The maximum Gasteiger partial charge on any atom is 0.188 e. The zero-order valence-electron chi connectivity index (χ0n) is 11.9. The lowest BCUT2D eigenvalue weighted by Gasteiger charge is -2.16. The van der Waals surface area contributed by atoms with Crippen LogP contribution in [0.15, 0.2) is 41.3 Å². The molecule has 0 unspecified atom stereocenters. The zero-order chi connectivity index (χ0) is 13.8. The number of methoxy groups -OCH3 is 1. The standard InChI is InChI=1S/C17H21O2S/c1-18-13-19-16-9-10-17(20-11-5-2-6-12-20)15-8-4-3-7-14(15)16/h3-4,7-10H,2,5-6,11-13H2,1H3/q+1. The van der Waals surface area contributed by atoms with E-state index in [9.17, 15) is 0 Å². The Bertz CT molecular complexity index is 576. The number of rotatable bonds is 4. The van der Waals surface area contributed by atoms with Gasteiger partial charge in [-0.25, -0.2) is 0 Å². The molecule has 0 aliphatic carbocycles. The van der Waals surface area contributed by atoms with Crippen molar-refractivity contribution in [2.24, 2.45) is 0 Å². The van der Waals surface area contributed by atoms with E-state index in [0.29, 0.717) is 17.7 Å². The molecule has 0 radical (unpaired) electrons. The van der Waals surface area contributed by atoms with Crippen molar-refractivity contribution in [1.29, 1.82) is 0 Å². The summed E-state index contributed by atoms with van der Waals surface area (Å²) < 4.78 is 10.7. The number of hydrogen-bond donors (Lipinski definition) is 0. The van der Waals surface area contributed by atoms with Gasteiger partial charge in [-0.1, -0.05) is 18.2 Å². The Balaban J connectivity index is 2.01. The van der Waals surface area contributed by atoms with E-state index in [1.807, 2.05) is 0 Å². The molecule has 3 rings (SSSR count). The molecule has 0 N–H and O–H groups in total. The summed E-state index contributed by atoms with van der Waals surface area (Å²) in [5, 5.41) is 2.56. The third-order valence-electron chi connectivity index (χ3n) is 3.77. The number of ether oxygens (including phenoxy) is 2.